The van der Waals surface area contributed by atoms with Gasteiger partial charge in [0.2, 0.25) is 5.91 Å². The van der Waals surface area contributed by atoms with Crippen LogP contribution >= 0.6 is 0 Å². The predicted molar refractivity (Wildman–Crippen MR) is 79.4 cm³/mol. The normalized spacial score (nSPS) is 11.4. The lowest BCUT2D eigenvalue weighted by Crippen LogP contribution is -2.41. The van der Waals surface area contributed by atoms with Gasteiger partial charge in [0.25, 0.3) is 5.91 Å². The third-order valence-electron chi connectivity index (χ3n) is 2.90. The Balaban J connectivity index is 2.25. The molecule has 116 valence electrons. The number of hydrogen-bond donors (Lipinski definition) is 2. The van der Waals surface area contributed by atoms with Crippen molar-refractivity contribution < 1.29 is 19.1 Å². The van der Waals surface area contributed by atoms with E-state index in [9.17, 15) is 9.59 Å². The second-order valence-corrected chi connectivity index (χ2v) is 4.62. The summed E-state index contributed by atoms with van der Waals surface area (Å²) in [5.41, 5.74) is 0. The SMILES string of the molecule is CCC(C)NC(=O)CNC(=O)COc1ccc(OC)cc1. The van der Waals surface area contributed by atoms with Crippen LogP contribution in [-0.4, -0.2) is 38.1 Å². The number of carbonyl (C=O) groups excluding carboxylic acids is 2. The lowest BCUT2D eigenvalue weighted by atomic mass is 10.2. The molecule has 6 nitrogen and oxygen atoms in total. The number of hydrogen-bond acceptors (Lipinski definition) is 4. The zero-order chi connectivity index (χ0) is 15.7. The summed E-state index contributed by atoms with van der Waals surface area (Å²) in [5, 5.41) is 5.27. The lowest BCUT2D eigenvalue weighted by Gasteiger charge is -2.12. The van der Waals surface area contributed by atoms with Crippen molar-refractivity contribution in [2.24, 2.45) is 0 Å². The highest BCUT2D eigenvalue weighted by Gasteiger charge is 2.08. The van der Waals surface area contributed by atoms with Crippen molar-refractivity contribution in [1.82, 2.24) is 10.6 Å². The molecule has 0 aliphatic heterocycles. The van der Waals surface area contributed by atoms with Crippen molar-refractivity contribution in [2.75, 3.05) is 20.3 Å². The van der Waals surface area contributed by atoms with E-state index in [1.807, 2.05) is 13.8 Å². The van der Waals surface area contributed by atoms with E-state index in [4.69, 9.17) is 9.47 Å². The number of rotatable bonds is 8. The third-order valence-corrected chi connectivity index (χ3v) is 2.90. The zero-order valence-corrected chi connectivity index (χ0v) is 12.6. The summed E-state index contributed by atoms with van der Waals surface area (Å²) in [4.78, 5) is 23.0. The Morgan fingerprint density at radius 1 is 1.14 bits per heavy atom. The molecule has 0 saturated heterocycles. The zero-order valence-electron chi connectivity index (χ0n) is 12.6. The summed E-state index contributed by atoms with van der Waals surface area (Å²) in [7, 11) is 1.58. The van der Waals surface area contributed by atoms with Crippen molar-refractivity contribution in [3.63, 3.8) is 0 Å². The summed E-state index contributed by atoms with van der Waals surface area (Å²) in [5.74, 6) is 0.732. The van der Waals surface area contributed by atoms with E-state index in [1.165, 1.54) is 0 Å². The van der Waals surface area contributed by atoms with E-state index in [1.54, 1.807) is 31.4 Å². The fourth-order valence-corrected chi connectivity index (χ4v) is 1.48. The van der Waals surface area contributed by atoms with Crippen LogP contribution in [0.4, 0.5) is 0 Å². The molecule has 0 spiro atoms. The molecule has 2 N–H and O–H groups in total. The number of benzene rings is 1. The molecule has 0 aliphatic carbocycles. The average Bonchev–Trinajstić information content (AvgIpc) is 2.51. The molecule has 1 rings (SSSR count). The molecule has 0 aliphatic rings. The molecule has 0 bridgehead atoms. The first-order chi connectivity index (χ1) is 10.0. The Morgan fingerprint density at radius 2 is 1.76 bits per heavy atom. The van der Waals surface area contributed by atoms with Crippen molar-refractivity contribution >= 4 is 11.8 Å². The molecule has 1 aromatic rings. The van der Waals surface area contributed by atoms with Crippen molar-refractivity contribution in [3.8, 4) is 11.5 Å². The van der Waals surface area contributed by atoms with Crippen LogP contribution in [0.3, 0.4) is 0 Å². The van der Waals surface area contributed by atoms with E-state index >= 15 is 0 Å². The Kier molecular flexibility index (Phi) is 7.08. The van der Waals surface area contributed by atoms with Crippen LogP contribution in [-0.2, 0) is 9.59 Å². The molecule has 1 unspecified atom stereocenters. The standard InChI is InChI=1S/C15H22N2O4/c1-4-11(2)17-14(18)9-16-15(19)10-21-13-7-5-12(20-3)6-8-13/h5-8,11H,4,9-10H2,1-3H3,(H,16,19)(H,17,18). The molecular formula is C15H22N2O4. The molecule has 0 radical (unpaired) electrons. The molecule has 1 aromatic carbocycles. The quantitative estimate of drug-likeness (QED) is 0.753. The third kappa shape index (κ3) is 6.65. The first-order valence-electron chi connectivity index (χ1n) is 6.88. The number of nitrogens with one attached hydrogen (secondary N) is 2. The van der Waals surface area contributed by atoms with E-state index < -0.39 is 0 Å². The maximum absolute atomic E-state index is 11.6. The van der Waals surface area contributed by atoms with E-state index in [0.717, 1.165) is 6.42 Å². The maximum atomic E-state index is 11.6. The Bertz CT molecular complexity index is 459. The first kappa shape index (κ1) is 16.8. The Morgan fingerprint density at radius 3 is 2.33 bits per heavy atom. The monoisotopic (exact) mass is 294 g/mol. The molecule has 2 amide bonds. The molecule has 0 aromatic heterocycles. The van der Waals surface area contributed by atoms with Gasteiger partial charge in [-0.25, -0.2) is 0 Å². The number of amides is 2. The van der Waals surface area contributed by atoms with Crippen molar-refractivity contribution in [3.05, 3.63) is 24.3 Å². The predicted octanol–water partition coefficient (Wildman–Crippen LogP) is 1.10. The van der Waals surface area contributed by atoms with Gasteiger partial charge in [0.1, 0.15) is 11.5 Å². The first-order valence-corrected chi connectivity index (χ1v) is 6.88. The van der Waals surface area contributed by atoms with E-state index in [0.29, 0.717) is 11.5 Å². The van der Waals surface area contributed by atoms with Gasteiger partial charge in [0, 0.05) is 6.04 Å². The van der Waals surface area contributed by atoms with Crippen molar-refractivity contribution in [2.45, 2.75) is 26.3 Å². The van der Waals surface area contributed by atoms with Gasteiger partial charge >= 0.3 is 0 Å². The van der Waals surface area contributed by atoms with Crippen LogP contribution in [0.15, 0.2) is 24.3 Å². The van der Waals surface area contributed by atoms with Crippen LogP contribution in [0.25, 0.3) is 0 Å². The minimum Gasteiger partial charge on any atom is -0.497 e. The topological polar surface area (TPSA) is 76.7 Å². The van der Waals surface area contributed by atoms with Gasteiger partial charge < -0.3 is 20.1 Å². The van der Waals surface area contributed by atoms with Crippen LogP contribution in [0.5, 0.6) is 11.5 Å². The van der Waals surface area contributed by atoms with Gasteiger partial charge in [-0.15, -0.1) is 0 Å². The summed E-state index contributed by atoms with van der Waals surface area (Å²) < 4.78 is 10.3. The van der Waals surface area contributed by atoms with Gasteiger partial charge in [-0.05, 0) is 37.6 Å². The summed E-state index contributed by atoms with van der Waals surface area (Å²) >= 11 is 0. The number of ether oxygens (including phenoxy) is 2. The molecule has 0 fully saturated rings. The second kappa shape index (κ2) is 8.84. The molecule has 1 atom stereocenters. The molecular weight excluding hydrogens is 272 g/mol. The summed E-state index contributed by atoms with van der Waals surface area (Å²) in [6, 6.07) is 7.01. The molecule has 0 heterocycles. The average molecular weight is 294 g/mol. The largest absolute Gasteiger partial charge is 0.497 e. The highest BCUT2D eigenvalue weighted by Crippen LogP contribution is 2.16. The van der Waals surface area contributed by atoms with Gasteiger partial charge in [-0.2, -0.15) is 0 Å². The lowest BCUT2D eigenvalue weighted by molar-refractivity contribution is -0.127. The maximum Gasteiger partial charge on any atom is 0.258 e. The number of methoxy groups -OCH3 is 1. The second-order valence-electron chi connectivity index (χ2n) is 4.62. The van der Waals surface area contributed by atoms with Crippen LogP contribution < -0.4 is 20.1 Å². The number of carbonyl (C=O) groups is 2. The van der Waals surface area contributed by atoms with E-state index in [2.05, 4.69) is 10.6 Å². The summed E-state index contributed by atoms with van der Waals surface area (Å²) in [6.45, 7) is 3.71. The molecule has 0 saturated carbocycles. The highest BCUT2D eigenvalue weighted by atomic mass is 16.5. The van der Waals surface area contributed by atoms with E-state index in [-0.39, 0.29) is 31.0 Å². The van der Waals surface area contributed by atoms with Crippen LogP contribution in [0.1, 0.15) is 20.3 Å². The highest BCUT2D eigenvalue weighted by molar-refractivity contribution is 5.85. The van der Waals surface area contributed by atoms with Gasteiger partial charge in [-0.1, -0.05) is 6.92 Å². The molecule has 21 heavy (non-hydrogen) atoms. The van der Waals surface area contributed by atoms with Gasteiger partial charge in [-0.3, -0.25) is 9.59 Å². The van der Waals surface area contributed by atoms with Gasteiger partial charge in [0.05, 0.1) is 13.7 Å². The minimum absolute atomic E-state index is 0.0465. The molecule has 6 heteroatoms. The van der Waals surface area contributed by atoms with Gasteiger partial charge in [0.15, 0.2) is 6.61 Å². The van der Waals surface area contributed by atoms with Crippen LogP contribution in [0, 0.1) is 0 Å². The van der Waals surface area contributed by atoms with Crippen LogP contribution in [0.2, 0.25) is 0 Å². The summed E-state index contributed by atoms with van der Waals surface area (Å²) in [6.07, 6.45) is 0.847. The Labute approximate surface area is 124 Å². The minimum atomic E-state index is -0.342. The fraction of sp³-hybridized carbons (Fsp3) is 0.467. The van der Waals surface area contributed by atoms with Crippen molar-refractivity contribution in [1.29, 1.82) is 0 Å². The Hall–Kier alpha value is -2.24. The smallest absolute Gasteiger partial charge is 0.258 e. The fourth-order valence-electron chi connectivity index (χ4n) is 1.48.